The molecule has 0 spiro atoms. The highest BCUT2D eigenvalue weighted by Gasteiger charge is 2.24. The molecule has 2 aromatic rings. The average Bonchev–Trinajstić information content (AvgIpc) is 2.80. The van der Waals surface area contributed by atoms with Gasteiger partial charge in [0.05, 0.1) is 18.8 Å². The van der Waals surface area contributed by atoms with Crippen LogP contribution in [0.4, 0.5) is 0 Å². The van der Waals surface area contributed by atoms with Crippen molar-refractivity contribution in [3.05, 3.63) is 53.4 Å². The summed E-state index contributed by atoms with van der Waals surface area (Å²) in [6.07, 6.45) is 4.01. The van der Waals surface area contributed by atoms with Crippen LogP contribution in [0.15, 0.2) is 30.7 Å². The number of carbonyl (C=O) groups excluding carboxylic acids is 1. The lowest BCUT2D eigenvalue weighted by atomic mass is 10.0. The van der Waals surface area contributed by atoms with Crippen LogP contribution in [-0.4, -0.2) is 52.1 Å². The topological polar surface area (TPSA) is 68.2 Å². The van der Waals surface area contributed by atoms with Crippen molar-refractivity contribution in [2.24, 2.45) is 5.92 Å². The Balaban J connectivity index is 1.70. The fraction of sp³-hybridized carbons (Fsp3) is 0.444. The fourth-order valence-electron chi connectivity index (χ4n) is 2.88. The maximum absolute atomic E-state index is 12.7. The minimum atomic E-state index is 0.0110. The molecule has 3 rings (SSSR count). The minimum Gasteiger partial charge on any atom is -0.379 e. The SMILES string of the molecule is Cc1ccc(C(=O)N2CCOC[C@H](Cc3cc(C)ncn3)C2)cn1. The molecular formula is C18H22N4O2. The monoisotopic (exact) mass is 326 g/mol. The van der Waals surface area contributed by atoms with E-state index >= 15 is 0 Å². The van der Waals surface area contributed by atoms with E-state index in [2.05, 4.69) is 15.0 Å². The highest BCUT2D eigenvalue weighted by molar-refractivity contribution is 5.93. The summed E-state index contributed by atoms with van der Waals surface area (Å²) in [6.45, 7) is 6.33. The van der Waals surface area contributed by atoms with Crippen LogP contribution in [0.25, 0.3) is 0 Å². The van der Waals surface area contributed by atoms with Crippen LogP contribution < -0.4 is 0 Å². The third-order valence-electron chi connectivity index (χ3n) is 4.14. The van der Waals surface area contributed by atoms with E-state index in [1.807, 2.05) is 36.9 Å². The summed E-state index contributed by atoms with van der Waals surface area (Å²) in [4.78, 5) is 27.2. The van der Waals surface area contributed by atoms with Gasteiger partial charge in [-0.15, -0.1) is 0 Å². The van der Waals surface area contributed by atoms with Crippen LogP contribution >= 0.6 is 0 Å². The normalized spacial score (nSPS) is 18.2. The molecular weight excluding hydrogens is 304 g/mol. The molecule has 1 amide bonds. The molecule has 126 valence electrons. The largest absolute Gasteiger partial charge is 0.379 e. The minimum absolute atomic E-state index is 0.0110. The second-order valence-electron chi connectivity index (χ2n) is 6.24. The van der Waals surface area contributed by atoms with E-state index in [1.54, 1.807) is 12.5 Å². The van der Waals surface area contributed by atoms with Crippen molar-refractivity contribution in [1.82, 2.24) is 19.9 Å². The standard InChI is InChI=1S/C18H22N4O2/c1-13-3-4-16(9-19-13)18(23)22-5-6-24-11-15(10-22)8-17-7-14(2)20-12-21-17/h3-4,7,9,12,15H,5-6,8,10-11H2,1-2H3/t15-/m1/s1. The summed E-state index contributed by atoms with van der Waals surface area (Å²) in [5, 5.41) is 0. The smallest absolute Gasteiger partial charge is 0.255 e. The number of carbonyl (C=O) groups is 1. The Bertz CT molecular complexity index is 702. The van der Waals surface area contributed by atoms with Crippen molar-refractivity contribution < 1.29 is 9.53 Å². The van der Waals surface area contributed by atoms with Crippen LogP contribution in [0.1, 0.15) is 27.4 Å². The molecule has 1 atom stereocenters. The third kappa shape index (κ3) is 4.14. The van der Waals surface area contributed by atoms with Crippen molar-refractivity contribution >= 4 is 5.91 Å². The first-order valence-corrected chi connectivity index (χ1v) is 8.19. The van der Waals surface area contributed by atoms with Gasteiger partial charge in [-0.25, -0.2) is 9.97 Å². The predicted octanol–water partition coefficient (Wildman–Crippen LogP) is 1.82. The lowest BCUT2D eigenvalue weighted by Gasteiger charge is -2.23. The molecule has 6 nitrogen and oxygen atoms in total. The zero-order valence-corrected chi connectivity index (χ0v) is 14.1. The third-order valence-corrected chi connectivity index (χ3v) is 4.14. The fourth-order valence-corrected chi connectivity index (χ4v) is 2.88. The van der Waals surface area contributed by atoms with Gasteiger partial charge in [0.25, 0.3) is 5.91 Å². The van der Waals surface area contributed by atoms with Gasteiger partial charge in [-0.1, -0.05) is 0 Å². The Morgan fingerprint density at radius 1 is 1.25 bits per heavy atom. The number of hydrogen-bond acceptors (Lipinski definition) is 5. The number of aromatic nitrogens is 3. The summed E-state index contributed by atoms with van der Waals surface area (Å²) in [6, 6.07) is 5.68. The van der Waals surface area contributed by atoms with E-state index in [0.29, 0.717) is 31.9 Å². The predicted molar refractivity (Wildman–Crippen MR) is 89.7 cm³/mol. The Kier molecular flexibility index (Phi) is 5.15. The van der Waals surface area contributed by atoms with E-state index < -0.39 is 0 Å². The van der Waals surface area contributed by atoms with Crippen LogP contribution in [0.3, 0.4) is 0 Å². The molecule has 0 N–H and O–H groups in total. The van der Waals surface area contributed by atoms with Gasteiger partial charge >= 0.3 is 0 Å². The summed E-state index contributed by atoms with van der Waals surface area (Å²) >= 11 is 0. The highest BCUT2D eigenvalue weighted by atomic mass is 16.5. The van der Waals surface area contributed by atoms with Crippen LogP contribution in [0.2, 0.25) is 0 Å². The van der Waals surface area contributed by atoms with Gasteiger partial charge in [-0.3, -0.25) is 9.78 Å². The first-order chi connectivity index (χ1) is 11.6. The number of rotatable bonds is 3. The second kappa shape index (κ2) is 7.49. The van der Waals surface area contributed by atoms with Gasteiger partial charge in [0.1, 0.15) is 6.33 Å². The summed E-state index contributed by atoms with van der Waals surface area (Å²) in [5.41, 5.74) is 3.47. The van der Waals surface area contributed by atoms with Crippen molar-refractivity contribution in [3.63, 3.8) is 0 Å². The molecule has 1 saturated heterocycles. The maximum atomic E-state index is 12.7. The van der Waals surface area contributed by atoms with E-state index in [9.17, 15) is 4.79 Å². The lowest BCUT2D eigenvalue weighted by molar-refractivity contribution is 0.0737. The molecule has 2 aromatic heterocycles. The van der Waals surface area contributed by atoms with Crippen molar-refractivity contribution in [3.8, 4) is 0 Å². The van der Waals surface area contributed by atoms with E-state index in [1.165, 1.54) is 0 Å². The number of nitrogens with zero attached hydrogens (tertiary/aromatic N) is 4. The molecule has 1 fully saturated rings. The van der Waals surface area contributed by atoms with E-state index in [4.69, 9.17) is 4.74 Å². The number of aryl methyl sites for hydroxylation is 2. The number of amides is 1. The highest BCUT2D eigenvalue weighted by Crippen LogP contribution is 2.15. The number of pyridine rings is 1. The van der Waals surface area contributed by atoms with Crippen molar-refractivity contribution in [2.75, 3.05) is 26.3 Å². The molecule has 0 aromatic carbocycles. The number of ether oxygens (including phenoxy) is 1. The Labute approximate surface area is 141 Å². The van der Waals surface area contributed by atoms with Gasteiger partial charge in [-0.2, -0.15) is 0 Å². The molecule has 1 aliphatic rings. The lowest BCUT2D eigenvalue weighted by Crippen LogP contribution is -2.36. The summed E-state index contributed by atoms with van der Waals surface area (Å²) in [5.74, 6) is 0.237. The van der Waals surface area contributed by atoms with Gasteiger partial charge in [0.2, 0.25) is 0 Å². The second-order valence-corrected chi connectivity index (χ2v) is 6.24. The molecule has 0 unspecified atom stereocenters. The summed E-state index contributed by atoms with van der Waals surface area (Å²) in [7, 11) is 0. The number of hydrogen-bond donors (Lipinski definition) is 0. The van der Waals surface area contributed by atoms with Crippen LogP contribution in [0, 0.1) is 19.8 Å². The quantitative estimate of drug-likeness (QED) is 0.860. The molecule has 6 heteroatoms. The summed E-state index contributed by atoms with van der Waals surface area (Å²) < 4.78 is 5.69. The molecule has 0 bridgehead atoms. The molecule has 24 heavy (non-hydrogen) atoms. The zero-order valence-electron chi connectivity index (χ0n) is 14.1. The molecule has 0 saturated carbocycles. The molecule has 0 aliphatic carbocycles. The first kappa shape index (κ1) is 16.5. The van der Waals surface area contributed by atoms with Gasteiger partial charge in [0, 0.05) is 42.3 Å². The Morgan fingerprint density at radius 3 is 2.88 bits per heavy atom. The van der Waals surface area contributed by atoms with Crippen molar-refractivity contribution in [1.29, 1.82) is 0 Å². The van der Waals surface area contributed by atoms with Crippen LogP contribution in [-0.2, 0) is 11.2 Å². The Morgan fingerprint density at radius 2 is 2.12 bits per heavy atom. The molecule has 0 radical (unpaired) electrons. The first-order valence-electron chi connectivity index (χ1n) is 8.19. The van der Waals surface area contributed by atoms with E-state index in [-0.39, 0.29) is 11.8 Å². The van der Waals surface area contributed by atoms with Gasteiger partial charge in [0.15, 0.2) is 0 Å². The average molecular weight is 326 g/mol. The van der Waals surface area contributed by atoms with Crippen molar-refractivity contribution in [2.45, 2.75) is 20.3 Å². The Hall–Kier alpha value is -2.34. The maximum Gasteiger partial charge on any atom is 0.255 e. The van der Waals surface area contributed by atoms with Gasteiger partial charge < -0.3 is 9.64 Å². The van der Waals surface area contributed by atoms with E-state index in [0.717, 1.165) is 23.5 Å². The molecule has 3 heterocycles. The molecule has 1 aliphatic heterocycles. The zero-order chi connectivity index (χ0) is 16.9. The van der Waals surface area contributed by atoms with Gasteiger partial charge in [-0.05, 0) is 38.5 Å². The van der Waals surface area contributed by atoms with Crippen LogP contribution in [0.5, 0.6) is 0 Å².